The standard InChI is InChI=1S/C25H25N3O7S/c1-28-21-12-10-18(15-23(21)35-25(28)30)36(31,32)27-20(13-16-7-5-4-6-8-16)24(29)26-19-11-9-17(33-2)14-22(19)34-3/h4-12,14-15,20,27H,13H2,1-3H3,(H,26,29)/t20-/m0/s1. The van der Waals surface area contributed by atoms with Crippen molar-refractivity contribution in [2.45, 2.75) is 17.4 Å². The Morgan fingerprint density at radius 2 is 1.78 bits per heavy atom. The lowest BCUT2D eigenvalue weighted by molar-refractivity contribution is -0.117. The van der Waals surface area contributed by atoms with Gasteiger partial charge in [-0.25, -0.2) is 13.2 Å². The monoisotopic (exact) mass is 511 g/mol. The van der Waals surface area contributed by atoms with E-state index in [0.717, 1.165) is 5.56 Å². The van der Waals surface area contributed by atoms with Crippen LogP contribution < -0.4 is 25.3 Å². The Bertz CT molecular complexity index is 1560. The lowest BCUT2D eigenvalue weighted by Crippen LogP contribution is -2.45. The summed E-state index contributed by atoms with van der Waals surface area (Å²) in [7, 11) is 0.311. The number of rotatable bonds is 9. The van der Waals surface area contributed by atoms with E-state index in [-0.39, 0.29) is 16.9 Å². The summed E-state index contributed by atoms with van der Waals surface area (Å²) in [6.07, 6.45) is 0.0903. The molecule has 1 aromatic heterocycles. The summed E-state index contributed by atoms with van der Waals surface area (Å²) in [6.45, 7) is 0. The summed E-state index contributed by atoms with van der Waals surface area (Å²) in [5, 5.41) is 2.74. The zero-order valence-corrected chi connectivity index (χ0v) is 20.7. The minimum Gasteiger partial charge on any atom is -0.497 e. The van der Waals surface area contributed by atoms with Crippen LogP contribution >= 0.6 is 0 Å². The summed E-state index contributed by atoms with van der Waals surface area (Å²) >= 11 is 0. The molecule has 0 unspecified atom stereocenters. The van der Waals surface area contributed by atoms with E-state index in [0.29, 0.717) is 22.7 Å². The van der Waals surface area contributed by atoms with Crippen LogP contribution in [0.4, 0.5) is 5.69 Å². The average molecular weight is 512 g/mol. The number of anilines is 1. The number of aromatic nitrogens is 1. The second kappa shape index (κ2) is 10.3. The number of hydrogen-bond acceptors (Lipinski definition) is 7. The van der Waals surface area contributed by atoms with E-state index in [1.807, 2.05) is 6.07 Å². The number of ether oxygens (including phenoxy) is 2. The van der Waals surface area contributed by atoms with Crippen molar-refractivity contribution in [1.29, 1.82) is 0 Å². The number of amides is 1. The summed E-state index contributed by atoms with van der Waals surface area (Å²) in [5.41, 5.74) is 1.68. The van der Waals surface area contributed by atoms with E-state index in [1.165, 1.54) is 44.0 Å². The lowest BCUT2D eigenvalue weighted by Gasteiger charge is -2.20. The number of nitrogens with one attached hydrogen (secondary N) is 2. The number of nitrogens with zero attached hydrogens (tertiary/aromatic N) is 1. The van der Waals surface area contributed by atoms with Gasteiger partial charge in [0.1, 0.15) is 17.5 Å². The molecule has 0 aliphatic rings. The number of fused-ring (bicyclic) bond motifs is 1. The van der Waals surface area contributed by atoms with E-state index < -0.39 is 27.7 Å². The fraction of sp³-hybridized carbons (Fsp3) is 0.200. The molecule has 0 spiro atoms. The summed E-state index contributed by atoms with van der Waals surface area (Å²) in [5.74, 6) is -0.302. The van der Waals surface area contributed by atoms with Crippen LogP contribution in [0.15, 0.2) is 80.8 Å². The van der Waals surface area contributed by atoms with Crippen molar-refractivity contribution in [2.75, 3.05) is 19.5 Å². The first-order chi connectivity index (χ1) is 17.2. The molecule has 0 aliphatic carbocycles. The number of carbonyl (C=O) groups excluding carboxylic acids is 1. The van der Waals surface area contributed by atoms with Crippen LogP contribution in [0.3, 0.4) is 0 Å². The first kappa shape index (κ1) is 25.0. The van der Waals surface area contributed by atoms with Crippen molar-refractivity contribution in [3.63, 3.8) is 0 Å². The van der Waals surface area contributed by atoms with Crippen LogP contribution in [0, 0.1) is 0 Å². The second-order valence-corrected chi connectivity index (χ2v) is 9.69. The van der Waals surface area contributed by atoms with Crippen molar-refractivity contribution >= 4 is 32.7 Å². The van der Waals surface area contributed by atoms with Crippen LogP contribution in [0.2, 0.25) is 0 Å². The van der Waals surface area contributed by atoms with Gasteiger partial charge < -0.3 is 19.2 Å². The Hall–Kier alpha value is -4.09. The number of carbonyl (C=O) groups is 1. The first-order valence-electron chi connectivity index (χ1n) is 10.9. The quantitative estimate of drug-likeness (QED) is 0.353. The molecule has 3 aromatic carbocycles. The van der Waals surface area contributed by atoms with E-state index in [2.05, 4.69) is 10.0 Å². The zero-order valence-electron chi connectivity index (χ0n) is 19.8. The summed E-state index contributed by atoms with van der Waals surface area (Å²) in [6, 6.07) is 16.8. The molecule has 1 amide bonds. The third-order valence-corrected chi connectivity index (χ3v) is 7.11. The molecule has 0 bridgehead atoms. The Morgan fingerprint density at radius 1 is 1.03 bits per heavy atom. The molecular formula is C25H25N3O7S. The van der Waals surface area contributed by atoms with Crippen LogP contribution in [0.25, 0.3) is 11.1 Å². The highest BCUT2D eigenvalue weighted by Gasteiger charge is 2.27. The van der Waals surface area contributed by atoms with Crippen molar-refractivity contribution in [3.05, 3.63) is 82.8 Å². The molecule has 188 valence electrons. The lowest BCUT2D eigenvalue weighted by atomic mass is 10.1. The fourth-order valence-electron chi connectivity index (χ4n) is 3.70. The van der Waals surface area contributed by atoms with Gasteiger partial charge in [0, 0.05) is 19.2 Å². The minimum absolute atomic E-state index is 0.0903. The predicted octanol–water partition coefficient (Wildman–Crippen LogP) is 2.68. The number of benzene rings is 3. The highest BCUT2D eigenvalue weighted by Crippen LogP contribution is 2.29. The smallest absolute Gasteiger partial charge is 0.419 e. The van der Waals surface area contributed by atoms with Gasteiger partial charge >= 0.3 is 5.76 Å². The highest BCUT2D eigenvalue weighted by molar-refractivity contribution is 7.89. The van der Waals surface area contributed by atoms with Gasteiger partial charge in [-0.2, -0.15) is 4.72 Å². The first-order valence-corrected chi connectivity index (χ1v) is 12.4. The number of sulfonamides is 1. The normalized spacial score (nSPS) is 12.3. The molecule has 4 aromatic rings. The predicted molar refractivity (Wildman–Crippen MR) is 134 cm³/mol. The topological polar surface area (TPSA) is 129 Å². The van der Waals surface area contributed by atoms with Crippen molar-refractivity contribution in [2.24, 2.45) is 7.05 Å². The minimum atomic E-state index is -4.17. The van der Waals surface area contributed by atoms with Crippen molar-refractivity contribution < 1.29 is 27.1 Å². The van der Waals surface area contributed by atoms with Gasteiger partial charge in [0.05, 0.1) is 30.3 Å². The van der Waals surface area contributed by atoms with Gasteiger partial charge in [0.25, 0.3) is 0 Å². The molecule has 10 nitrogen and oxygen atoms in total. The Labute approximate surface area is 207 Å². The molecule has 2 N–H and O–H groups in total. The average Bonchev–Trinajstić information content (AvgIpc) is 3.16. The van der Waals surface area contributed by atoms with Crippen molar-refractivity contribution in [3.8, 4) is 11.5 Å². The Balaban J connectivity index is 1.65. The van der Waals surface area contributed by atoms with Gasteiger partial charge in [0.2, 0.25) is 15.9 Å². The zero-order chi connectivity index (χ0) is 25.9. The van der Waals surface area contributed by atoms with Crippen LogP contribution in [-0.4, -0.2) is 39.2 Å². The van der Waals surface area contributed by atoms with Gasteiger partial charge in [-0.1, -0.05) is 30.3 Å². The molecule has 0 radical (unpaired) electrons. The number of hydrogen-bond donors (Lipinski definition) is 2. The molecule has 1 atom stereocenters. The maximum Gasteiger partial charge on any atom is 0.419 e. The molecule has 0 saturated carbocycles. The van der Waals surface area contributed by atoms with Gasteiger partial charge in [-0.05, 0) is 36.2 Å². The van der Waals surface area contributed by atoms with Gasteiger partial charge in [-0.3, -0.25) is 9.36 Å². The molecule has 0 fully saturated rings. The van der Waals surface area contributed by atoms with E-state index in [9.17, 15) is 18.0 Å². The molecule has 0 saturated heterocycles. The molecule has 11 heteroatoms. The third kappa shape index (κ3) is 5.26. The van der Waals surface area contributed by atoms with Crippen LogP contribution in [0.1, 0.15) is 5.56 Å². The number of methoxy groups -OCH3 is 2. The summed E-state index contributed by atoms with van der Waals surface area (Å²) in [4.78, 5) is 25.0. The molecule has 0 aliphatic heterocycles. The van der Waals surface area contributed by atoms with Gasteiger partial charge in [-0.15, -0.1) is 0 Å². The third-order valence-electron chi connectivity index (χ3n) is 5.64. The van der Waals surface area contributed by atoms with E-state index in [1.54, 1.807) is 42.5 Å². The Kier molecular flexibility index (Phi) is 7.13. The van der Waals surface area contributed by atoms with Crippen LogP contribution in [0.5, 0.6) is 11.5 Å². The molecular weight excluding hydrogens is 486 g/mol. The fourth-order valence-corrected chi connectivity index (χ4v) is 4.91. The molecule has 36 heavy (non-hydrogen) atoms. The van der Waals surface area contributed by atoms with Crippen molar-refractivity contribution in [1.82, 2.24) is 9.29 Å². The highest BCUT2D eigenvalue weighted by atomic mass is 32.2. The Morgan fingerprint density at radius 3 is 2.47 bits per heavy atom. The summed E-state index contributed by atoms with van der Waals surface area (Å²) < 4.78 is 45.9. The number of aryl methyl sites for hydroxylation is 1. The van der Waals surface area contributed by atoms with Crippen LogP contribution in [-0.2, 0) is 28.3 Å². The maximum absolute atomic E-state index is 13.3. The maximum atomic E-state index is 13.3. The SMILES string of the molecule is COc1ccc(NC(=O)[C@H](Cc2ccccc2)NS(=O)(=O)c2ccc3c(c2)oc(=O)n3C)c(OC)c1. The van der Waals surface area contributed by atoms with E-state index in [4.69, 9.17) is 13.9 Å². The number of oxazole rings is 1. The second-order valence-electron chi connectivity index (χ2n) is 7.98. The molecule has 1 heterocycles. The molecule has 4 rings (SSSR count). The van der Waals surface area contributed by atoms with Gasteiger partial charge in [0.15, 0.2) is 5.58 Å². The largest absolute Gasteiger partial charge is 0.497 e. The van der Waals surface area contributed by atoms with E-state index >= 15 is 0 Å².